The second-order valence-corrected chi connectivity index (χ2v) is 7.53. The van der Waals surface area contributed by atoms with Crippen molar-refractivity contribution in [3.05, 3.63) is 43.5 Å². The summed E-state index contributed by atoms with van der Waals surface area (Å²) in [5, 5.41) is 12.9. The standard InChI is InChI=1S/C12H5Cl2F6N3O5S/c1-4-8(23(24)25)10(28-29(26,27)12(18,19)20)21-22(4)9-6(13)2-5(3-7(9)14)11(15,16)17/h2-3H,1H3. The van der Waals surface area contributed by atoms with E-state index < -0.39 is 65.3 Å². The van der Waals surface area contributed by atoms with Crippen LogP contribution in [0.1, 0.15) is 11.3 Å². The Balaban J connectivity index is 2.73. The van der Waals surface area contributed by atoms with Crippen molar-refractivity contribution in [2.75, 3.05) is 0 Å². The van der Waals surface area contributed by atoms with Gasteiger partial charge in [-0.15, -0.1) is 5.10 Å². The van der Waals surface area contributed by atoms with Crippen molar-refractivity contribution < 1.29 is 43.9 Å². The molecular weight excluding hydrogens is 483 g/mol. The molecule has 0 aliphatic heterocycles. The lowest BCUT2D eigenvalue weighted by molar-refractivity contribution is -0.386. The Bertz CT molecular complexity index is 1070. The van der Waals surface area contributed by atoms with Gasteiger partial charge in [0.15, 0.2) is 0 Å². The number of alkyl halides is 6. The minimum Gasteiger partial charge on any atom is -0.346 e. The molecule has 0 N–H and O–H groups in total. The Kier molecular flexibility index (Phi) is 5.73. The number of aromatic nitrogens is 2. The van der Waals surface area contributed by atoms with Gasteiger partial charge in [0.25, 0.3) is 0 Å². The van der Waals surface area contributed by atoms with E-state index in [1.54, 1.807) is 0 Å². The second kappa shape index (κ2) is 7.21. The van der Waals surface area contributed by atoms with Crippen LogP contribution in [0, 0.1) is 17.0 Å². The zero-order valence-electron chi connectivity index (χ0n) is 13.5. The number of rotatable bonds is 4. The van der Waals surface area contributed by atoms with E-state index in [-0.39, 0.29) is 0 Å². The molecule has 0 saturated carbocycles. The van der Waals surface area contributed by atoms with Crippen molar-refractivity contribution in [2.24, 2.45) is 0 Å². The Labute approximate surface area is 166 Å². The van der Waals surface area contributed by atoms with Gasteiger partial charge in [-0.3, -0.25) is 10.1 Å². The number of halogens is 8. The molecule has 1 heterocycles. The maximum absolute atomic E-state index is 12.8. The Morgan fingerprint density at radius 3 is 2.00 bits per heavy atom. The van der Waals surface area contributed by atoms with E-state index >= 15 is 0 Å². The highest BCUT2D eigenvalue weighted by Crippen LogP contribution is 2.41. The molecule has 0 saturated heterocycles. The lowest BCUT2D eigenvalue weighted by Gasteiger charge is -2.13. The number of nitro groups is 1. The highest BCUT2D eigenvalue weighted by Gasteiger charge is 2.50. The van der Waals surface area contributed by atoms with Crippen molar-refractivity contribution >= 4 is 39.0 Å². The van der Waals surface area contributed by atoms with Crippen molar-refractivity contribution in [2.45, 2.75) is 18.6 Å². The van der Waals surface area contributed by atoms with Crippen molar-refractivity contribution in [1.29, 1.82) is 0 Å². The van der Waals surface area contributed by atoms with Crippen LogP contribution in [-0.2, 0) is 16.3 Å². The quantitative estimate of drug-likeness (QED) is 0.204. The maximum Gasteiger partial charge on any atom is 0.534 e. The van der Waals surface area contributed by atoms with Crippen LogP contribution in [0.5, 0.6) is 5.88 Å². The summed E-state index contributed by atoms with van der Waals surface area (Å²) in [7, 11) is -6.33. The summed E-state index contributed by atoms with van der Waals surface area (Å²) in [5.74, 6) is -1.59. The lowest BCUT2D eigenvalue weighted by Crippen LogP contribution is -2.28. The molecule has 0 aliphatic carbocycles. The van der Waals surface area contributed by atoms with Gasteiger partial charge in [0, 0.05) is 0 Å². The fourth-order valence-electron chi connectivity index (χ4n) is 2.03. The molecule has 0 radical (unpaired) electrons. The summed E-state index contributed by atoms with van der Waals surface area (Å²) in [5.41, 5.74) is -9.72. The predicted molar refractivity (Wildman–Crippen MR) is 85.6 cm³/mol. The van der Waals surface area contributed by atoms with Crippen LogP contribution in [-0.4, -0.2) is 28.6 Å². The molecule has 1 aromatic carbocycles. The predicted octanol–water partition coefficient (Wildman–Crippen LogP) is 4.64. The molecule has 17 heteroatoms. The Hall–Kier alpha value is -2.26. The van der Waals surface area contributed by atoms with Gasteiger partial charge in [0.2, 0.25) is 0 Å². The van der Waals surface area contributed by atoms with Crippen molar-refractivity contribution in [3.63, 3.8) is 0 Å². The molecule has 0 fully saturated rings. The van der Waals surface area contributed by atoms with Crippen LogP contribution >= 0.6 is 23.2 Å². The normalized spacial score (nSPS) is 12.9. The molecule has 8 nitrogen and oxygen atoms in total. The van der Waals surface area contributed by atoms with E-state index in [4.69, 9.17) is 23.2 Å². The van der Waals surface area contributed by atoms with Gasteiger partial charge in [0.1, 0.15) is 11.4 Å². The average Bonchev–Trinajstić information content (AvgIpc) is 2.80. The molecule has 2 aromatic rings. The minimum atomic E-state index is -6.33. The van der Waals surface area contributed by atoms with Gasteiger partial charge in [-0.1, -0.05) is 23.2 Å². The van der Waals surface area contributed by atoms with Crippen LogP contribution in [0.15, 0.2) is 12.1 Å². The molecule has 0 aliphatic rings. The van der Waals surface area contributed by atoms with Gasteiger partial charge in [0.05, 0.1) is 20.5 Å². The zero-order valence-corrected chi connectivity index (χ0v) is 15.8. The number of hydrogen-bond acceptors (Lipinski definition) is 6. The lowest BCUT2D eigenvalue weighted by atomic mass is 10.2. The highest BCUT2D eigenvalue weighted by atomic mass is 35.5. The monoisotopic (exact) mass is 487 g/mol. The van der Waals surface area contributed by atoms with E-state index in [0.717, 1.165) is 6.92 Å². The molecule has 160 valence electrons. The summed E-state index contributed by atoms with van der Waals surface area (Å²) >= 11 is 11.5. The van der Waals surface area contributed by atoms with Crippen LogP contribution in [0.3, 0.4) is 0 Å². The first-order valence-corrected chi connectivity index (χ1v) is 8.95. The smallest absolute Gasteiger partial charge is 0.346 e. The fraction of sp³-hybridized carbons (Fsp3) is 0.250. The number of nitrogens with zero attached hydrogens (tertiary/aromatic N) is 3. The molecule has 0 spiro atoms. The summed E-state index contributed by atoms with van der Waals surface area (Å²) in [6.45, 7) is 0.905. The third-order valence-electron chi connectivity index (χ3n) is 3.26. The highest BCUT2D eigenvalue weighted by molar-refractivity contribution is 7.88. The van der Waals surface area contributed by atoms with Crippen LogP contribution in [0.25, 0.3) is 5.69 Å². The maximum atomic E-state index is 12.8. The Morgan fingerprint density at radius 1 is 1.14 bits per heavy atom. The molecule has 0 atom stereocenters. The SMILES string of the molecule is Cc1c([N+](=O)[O-])c(OS(=O)(=O)C(F)(F)F)nn1-c1c(Cl)cc(C(F)(F)F)cc1Cl. The molecular formula is C12H5Cl2F6N3O5S. The topological polar surface area (TPSA) is 104 Å². The van der Waals surface area contributed by atoms with Gasteiger partial charge < -0.3 is 4.18 Å². The molecule has 0 bridgehead atoms. The minimum absolute atomic E-state index is 0.392. The zero-order chi connectivity index (χ0) is 22.5. The van der Waals surface area contributed by atoms with Gasteiger partial charge in [-0.05, 0) is 19.1 Å². The molecule has 0 unspecified atom stereocenters. The third-order valence-corrected chi connectivity index (χ3v) is 4.78. The summed E-state index contributed by atoms with van der Waals surface area (Å²) in [4.78, 5) is 9.86. The van der Waals surface area contributed by atoms with E-state index in [1.807, 2.05) is 0 Å². The van der Waals surface area contributed by atoms with Crippen molar-refractivity contribution in [3.8, 4) is 11.6 Å². The van der Waals surface area contributed by atoms with E-state index in [2.05, 4.69) is 9.28 Å². The molecule has 1 aromatic heterocycles. The first kappa shape index (κ1) is 23.0. The van der Waals surface area contributed by atoms with E-state index in [1.165, 1.54) is 0 Å². The van der Waals surface area contributed by atoms with Crippen LogP contribution in [0.2, 0.25) is 10.0 Å². The van der Waals surface area contributed by atoms with Crippen LogP contribution in [0.4, 0.5) is 32.0 Å². The van der Waals surface area contributed by atoms with E-state index in [0.29, 0.717) is 16.8 Å². The Morgan fingerprint density at radius 2 is 1.62 bits per heavy atom. The number of benzene rings is 1. The van der Waals surface area contributed by atoms with Gasteiger partial charge in [-0.25, -0.2) is 4.68 Å². The van der Waals surface area contributed by atoms with Gasteiger partial charge >= 0.3 is 33.4 Å². The largest absolute Gasteiger partial charge is 0.534 e. The summed E-state index contributed by atoms with van der Waals surface area (Å²) in [6.07, 6.45) is -4.86. The second-order valence-electron chi connectivity index (χ2n) is 5.18. The summed E-state index contributed by atoms with van der Waals surface area (Å²) in [6, 6.07) is 0.783. The van der Waals surface area contributed by atoms with Crippen molar-refractivity contribution in [1.82, 2.24) is 9.78 Å². The molecule has 29 heavy (non-hydrogen) atoms. The van der Waals surface area contributed by atoms with Crippen LogP contribution < -0.4 is 4.18 Å². The first-order chi connectivity index (χ1) is 13.0. The van der Waals surface area contributed by atoms with Gasteiger partial charge in [-0.2, -0.15) is 34.8 Å². The molecule has 0 amide bonds. The third kappa shape index (κ3) is 4.35. The molecule has 2 rings (SSSR count). The first-order valence-electron chi connectivity index (χ1n) is 6.78. The fourth-order valence-corrected chi connectivity index (χ4v) is 3.10. The summed E-state index contributed by atoms with van der Waals surface area (Å²) < 4.78 is 102. The van der Waals surface area contributed by atoms with E-state index in [9.17, 15) is 44.9 Å². The number of hydrogen-bond donors (Lipinski definition) is 0. The average molecular weight is 488 g/mol.